The zero-order valence-corrected chi connectivity index (χ0v) is 15.8. The third-order valence-electron chi connectivity index (χ3n) is 2.64. The highest BCUT2D eigenvalue weighted by molar-refractivity contribution is 14.1. The van der Waals surface area contributed by atoms with Crippen molar-refractivity contribution in [2.24, 2.45) is 5.41 Å². The third-order valence-corrected chi connectivity index (χ3v) is 6.30. The molecule has 0 amide bonds. The quantitative estimate of drug-likeness (QED) is 0.496. The van der Waals surface area contributed by atoms with Crippen molar-refractivity contribution >= 4 is 55.3 Å². The van der Waals surface area contributed by atoms with E-state index < -0.39 is 20.8 Å². The lowest BCUT2D eigenvalue weighted by molar-refractivity contribution is 0.354. The first-order valence-electron chi connectivity index (χ1n) is 5.36. The molecule has 0 heterocycles. The van der Waals surface area contributed by atoms with Gasteiger partial charge in [-0.05, 0) is 74.7 Å². The van der Waals surface area contributed by atoms with Gasteiger partial charge in [-0.1, -0.05) is 26.8 Å². The monoisotopic (exact) mass is 494 g/mol. The molecule has 3 nitrogen and oxygen atoms in total. The van der Waals surface area contributed by atoms with E-state index in [4.69, 9.17) is 0 Å². The maximum atomic E-state index is 11.7. The molecule has 18 heavy (non-hydrogen) atoms. The Morgan fingerprint density at radius 2 is 1.67 bits per heavy atom. The van der Waals surface area contributed by atoms with Gasteiger partial charge in [0, 0.05) is 7.14 Å². The molecule has 0 fully saturated rings. The smallest absolute Gasteiger partial charge is 0.272 e. The van der Waals surface area contributed by atoms with Crippen molar-refractivity contribution in [1.29, 1.82) is 0 Å². The summed E-state index contributed by atoms with van der Waals surface area (Å²) < 4.78 is 34.8. The average Bonchev–Trinajstić information content (AvgIpc) is 2.09. The summed E-state index contributed by atoms with van der Waals surface area (Å²) in [6, 6.07) is 3.79. The first-order valence-corrected chi connectivity index (χ1v) is 9.02. The normalized spacial score (nSPS) is 14.6. The van der Waals surface area contributed by atoms with Crippen molar-refractivity contribution in [1.82, 2.24) is 0 Å². The number of aryl methyl sites for hydroxylation is 1. The largest absolute Gasteiger partial charge is 0.285 e. The van der Waals surface area contributed by atoms with Gasteiger partial charge in [0.2, 0.25) is 0 Å². The van der Waals surface area contributed by atoms with E-state index >= 15 is 0 Å². The van der Waals surface area contributed by atoms with Crippen LogP contribution in [0.5, 0.6) is 0 Å². The summed E-state index contributed by atoms with van der Waals surface area (Å²) in [6.45, 7) is 7.38. The van der Waals surface area contributed by atoms with Crippen LogP contribution in [0, 0.1) is 19.5 Å². The number of benzene rings is 1. The lowest BCUT2D eigenvalue weighted by atomic mass is 9.87. The highest BCUT2D eigenvalue weighted by Crippen LogP contribution is 2.41. The molecule has 1 N–H and O–H groups in total. The molecular formula is C12H16I2O3S. The van der Waals surface area contributed by atoms with E-state index in [2.05, 4.69) is 45.2 Å². The fraction of sp³-hybridized carbons (Fsp3) is 0.500. The summed E-state index contributed by atoms with van der Waals surface area (Å²) in [5.41, 5.74) is 1.12. The van der Waals surface area contributed by atoms with Crippen LogP contribution in [-0.2, 0) is 10.1 Å². The Morgan fingerprint density at radius 3 is 2.06 bits per heavy atom. The molecule has 0 aliphatic heterocycles. The summed E-state index contributed by atoms with van der Waals surface area (Å²) >= 11 is 4.33. The fourth-order valence-electron chi connectivity index (χ4n) is 1.95. The van der Waals surface area contributed by atoms with Gasteiger partial charge in [-0.3, -0.25) is 4.55 Å². The summed E-state index contributed by atoms with van der Waals surface area (Å²) in [5.74, 6) is 0. The molecule has 0 bridgehead atoms. The zero-order chi connectivity index (χ0) is 14.3. The number of rotatable bonds is 2. The van der Waals surface area contributed by atoms with Crippen LogP contribution in [0.3, 0.4) is 0 Å². The summed E-state index contributed by atoms with van der Waals surface area (Å²) in [5, 5.41) is -0.910. The van der Waals surface area contributed by atoms with Crippen molar-refractivity contribution in [3.8, 4) is 0 Å². The van der Waals surface area contributed by atoms with E-state index in [1.165, 1.54) is 0 Å². The number of hydrogen-bond acceptors (Lipinski definition) is 2. The van der Waals surface area contributed by atoms with Crippen molar-refractivity contribution in [3.63, 3.8) is 0 Å². The molecule has 1 unspecified atom stereocenters. The van der Waals surface area contributed by atoms with Crippen molar-refractivity contribution < 1.29 is 13.0 Å². The molecule has 0 aliphatic carbocycles. The second-order valence-corrected chi connectivity index (χ2v) is 9.21. The predicted octanol–water partition coefficient (Wildman–Crippen LogP) is 4.18. The minimum atomic E-state index is -4.14. The van der Waals surface area contributed by atoms with Crippen LogP contribution in [0.2, 0.25) is 0 Å². The molecule has 1 atom stereocenters. The first kappa shape index (κ1) is 16.6. The predicted molar refractivity (Wildman–Crippen MR) is 90.4 cm³/mol. The summed E-state index contributed by atoms with van der Waals surface area (Å²) in [6.07, 6.45) is 0. The van der Waals surface area contributed by atoms with E-state index in [1.807, 2.05) is 39.8 Å². The Balaban J connectivity index is 3.55. The minimum absolute atomic E-state index is 0.563. The van der Waals surface area contributed by atoms with E-state index in [9.17, 15) is 13.0 Å². The highest BCUT2D eigenvalue weighted by atomic mass is 127. The molecule has 0 saturated carbocycles. The second kappa shape index (κ2) is 5.53. The minimum Gasteiger partial charge on any atom is -0.285 e. The Bertz CT molecular complexity index is 559. The van der Waals surface area contributed by atoms with Gasteiger partial charge in [-0.15, -0.1) is 0 Å². The standard InChI is InChI=1S/C12H16I2O3S/c1-7-5-8(10(14)6-9(7)13)11(12(2,3)4)18(15,16)17/h5-6,11H,1-4H3,(H,15,16,17). The third kappa shape index (κ3) is 3.80. The van der Waals surface area contributed by atoms with Crippen LogP contribution in [-0.4, -0.2) is 13.0 Å². The van der Waals surface area contributed by atoms with Gasteiger partial charge in [0.1, 0.15) is 5.25 Å². The van der Waals surface area contributed by atoms with Crippen LogP contribution in [0.15, 0.2) is 12.1 Å². The van der Waals surface area contributed by atoms with Gasteiger partial charge in [0.25, 0.3) is 10.1 Å². The molecule has 0 aromatic heterocycles. The van der Waals surface area contributed by atoms with Crippen molar-refractivity contribution in [3.05, 3.63) is 30.4 Å². The summed E-state index contributed by atoms with van der Waals surface area (Å²) in [4.78, 5) is 0. The molecule has 0 spiro atoms. The molecular weight excluding hydrogens is 478 g/mol. The van der Waals surface area contributed by atoms with E-state index in [0.29, 0.717) is 5.56 Å². The van der Waals surface area contributed by atoms with Crippen molar-refractivity contribution in [2.45, 2.75) is 32.9 Å². The van der Waals surface area contributed by atoms with Crippen LogP contribution in [0.1, 0.15) is 37.1 Å². The molecule has 102 valence electrons. The van der Waals surface area contributed by atoms with Gasteiger partial charge in [0.15, 0.2) is 0 Å². The van der Waals surface area contributed by atoms with Gasteiger partial charge < -0.3 is 0 Å². The molecule has 1 aromatic carbocycles. The van der Waals surface area contributed by atoms with E-state index in [-0.39, 0.29) is 0 Å². The molecule has 1 rings (SSSR count). The van der Waals surface area contributed by atoms with Gasteiger partial charge in [-0.25, -0.2) is 0 Å². The fourth-order valence-corrected chi connectivity index (χ4v) is 5.42. The maximum absolute atomic E-state index is 11.7. The van der Waals surface area contributed by atoms with Crippen LogP contribution in [0.25, 0.3) is 0 Å². The van der Waals surface area contributed by atoms with Crippen molar-refractivity contribution in [2.75, 3.05) is 0 Å². The Hall–Kier alpha value is 0.590. The lowest BCUT2D eigenvalue weighted by Gasteiger charge is -2.29. The van der Waals surface area contributed by atoms with Gasteiger partial charge in [0.05, 0.1) is 0 Å². The lowest BCUT2D eigenvalue weighted by Crippen LogP contribution is -2.27. The van der Waals surface area contributed by atoms with Crippen LogP contribution in [0.4, 0.5) is 0 Å². The van der Waals surface area contributed by atoms with Gasteiger partial charge in [-0.2, -0.15) is 8.42 Å². The van der Waals surface area contributed by atoms with Gasteiger partial charge >= 0.3 is 0 Å². The van der Waals surface area contributed by atoms with Crippen LogP contribution < -0.4 is 0 Å². The Kier molecular flexibility index (Phi) is 5.11. The molecule has 0 aliphatic rings. The van der Waals surface area contributed by atoms with Crippen LogP contribution >= 0.6 is 45.2 Å². The molecule has 1 aromatic rings. The molecule has 6 heteroatoms. The Labute approximate surface area is 136 Å². The SMILES string of the molecule is Cc1cc(C(C(C)(C)C)S(=O)(=O)O)c(I)cc1I. The van der Waals surface area contributed by atoms with E-state index in [0.717, 1.165) is 12.7 Å². The summed E-state index contributed by atoms with van der Waals surface area (Å²) in [7, 11) is -4.14. The maximum Gasteiger partial charge on any atom is 0.272 e. The number of hydrogen-bond donors (Lipinski definition) is 1. The average molecular weight is 494 g/mol. The second-order valence-electron chi connectivity index (χ2n) is 5.38. The molecule has 0 saturated heterocycles. The topological polar surface area (TPSA) is 54.4 Å². The number of halogens is 2. The van der Waals surface area contributed by atoms with E-state index in [1.54, 1.807) is 0 Å². The Morgan fingerprint density at radius 1 is 1.17 bits per heavy atom. The first-order chi connectivity index (χ1) is 7.94. The highest BCUT2D eigenvalue weighted by Gasteiger charge is 2.38. The molecule has 0 radical (unpaired) electrons. The zero-order valence-electron chi connectivity index (χ0n) is 10.7.